The molecule has 1 amide bonds. The van der Waals surface area contributed by atoms with Gasteiger partial charge in [0, 0.05) is 6.54 Å². The fourth-order valence-electron chi connectivity index (χ4n) is 2.18. The number of hydrogen-bond donors (Lipinski definition) is 1. The average molecular weight is 290 g/mol. The van der Waals surface area contributed by atoms with Gasteiger partial charge in [0.05, 0.1) is 4.83 Å². The number of amides is 1. The van der Waals surface area contributed by atoms with Gasteiger partial charge in [-0.1, -0.05) is 49.5 Å². The summed E-state index contributed by atoms with van der Waals surface area (Å²) in [5, 5.41) is 3.06. The van der Waals surface area contributed by atoms with E-state index in [9.17, 15) is 4.79 Å². The Bertz CT molecular complexity index is 222. The van der Waals surface area contributed by atoms with Crippen molar-refractivity contribution in [2.24, 2.45) is 17.8 Å². The van der Waals surface area contributed by atoms with Crippen LogP contribution in [0.4, 0.5) is 0 Å². The van der Waals surface area contributed by atoms with E-state index in [-0.39, 0.29) is 10.7 Å². The third kappa shape index (κ3) is 4.44. The van der Waals surface area contributed by atoms with Crippen LogP contribution < -0.4 is 5.32 Å². The Balaban J connectivity index is 2.22. The lowest BCUT2D eigenvalue weighted by atomic mass is 9.83. The Kier molecular flexibility index (Phi) is 5.81. The molecule has 1 rings (SSSR count). The van der Waals surface area contributed by atoms with Crippen molar-refractivity contribution in [2.75, 3.05) is 6.54 Å². The molecular weight excluding hydrogens is 266 g/mol. The monoisotopic (exact) mass is 289 g/mol. The van der Waals surface area contributed by atoms with Crippen molar-refractivity contribution in [3.63, 3.8) is 0 Å². The highest BCUT2D eigenvalue weighted by molar-refractivity contribution is 9.10. The Morgan fingerprint density at radius 1 is 1.31 bits per heavy atom. The molecule has 0 saturated heterocycles. The minimum absolute atomic E-state index is 0.0463. The molecule has 1 atom stereocenters. The van der Waals surface area contributed by atoms with Crippen LogP contribution in [0.25, 0.3) is 0 Å². The number of halogens is 1. The quantitative estimate of drug-likeness (QED) is 0.790. The van der Waals surface area contributed by atoms with Gasteiger partial charge in [0.1, 0.15) is 0 Å². The van der Waals surface area contributed by atoms with E-state index in [1.807, 2.05) is 0 Å². The summed E-state index contributed by atoms with van der Waals surface area (Å²) in [5.41, 5.74) is 0. The molecule has 1 saturated carbocycles. The largest absolute Gasteiger partial charge is 0.355 e. The van der Waals surface area contributed by atoms with Gasteiger partial charge in [-0.05, 0) is 30.6 Å². The van der Waals surface area contributed by atoms with Crippen molar-refractivity contribution in [3.05, 3.63) is 0 Å². The lowest BCUT2D eigenvalue weighted by Crippen LogP contribution is -2.37. The van der Waals surface area contributed by atoms with Crippen molar-refractivity contribution in [1.82, 2.24) is 5.32 Å². The Morgan fingerprint density at radius 3 is 2.38 bits per heavy atom. The van der Waals surface area contributed by atoms with Crippen molar-refractivity contribution in [3.8, 4) is 0 Å². The first-order valence-electron chi connectivity index (χ1n) is 6.42. The molecule has 1 unspecified atom stereocenters. The summed E-state index contributed by atoms with van der Waals surface area (Å²) in [7, 11) is 0. The SMILES string of the molecule is CC1CCC(CNC(=O)C(Br)C(C)C)CC1. The molecule has 3 heteroatoms. The second-order valence-electron chi connectivity index (χ2n) is 5.52. The van der Waals surface area contributed by atoms with Gasteiger partial charge in [-0.15, -0.1) is 0 Å². The molecule has 0 heterocycles. The van der Waals surface area contributed by atoms with Crippen molar-refractivity contribution >= 4 is 21.8 Å². The van der Waals surface area contributed by atoms with Gasteiger partial charge in [0.15, 0.2) is 0 Å². The second-order valence-corrected chi connectivity index (χ2v) is 6.50. The molecule has 94 valence electrons. The zero-order valence-electron chi connectivity index (χ0n) is 10.6. The van der Waals surface area contributed by atoms with E-state index >= 15 is 0 Å². The maximum atomic E-state index is 11.7. The van der Waals surface area contributed by atoms with Gasteiger partial charge in [0.25, 0.3) is 0 Å². The molecule has 1 aliphatic carbocycles. The zero-order valence-corrected chi connectivity index (χ0v) is 12.2. The number of hydrogen-bond acceptors (Lipinski definition) is 1. The van der Waals surface area contributed by atoms with Crippen LogP contribution in [0.3, 0.4) is 0 Å². The first-order valence-corrected chi connectivity index (χ1v) is 7.34. The molecule has 0 bridgehead atoms. The first kappa shape index (κ1) is 14.0. The highest BCUT2D eigenvalue weighted by atomic mass is 79.9. The predicted octanol–water partition coefficient (Wildman–Crippen LogP) is 3.35. The maximum absolute atomic E-state index is 11.7. The van der Waals surface area contributed by atoms with Crippen molar-refractivity contribution < 1.29 is 4.79 Å². The third-order valence-corrected chi connectivity index (χ3v) is 5.01. The summed E-state index contributed by atoms with van der Waals surface area (Å²) in [6, 6.07) is 0. The lowest BCUT2D eigenvalue weighted by Gasteiger charge is -2.26. The Hall–Kier alpha value is -0.0500. The predicted molar refractivity (Wildman–Crippen MR) is 71.7 cm³/mol. The third-order valence-electron chi connectivity index (χ3n) is 3.54. The van der Waals surface area contributed by atoms with Gasteiger partial charge in [-0.2, -0.15) is 0 Å². The van der Waals surface area contributed by atoms with E-state index < -0.39 is 0 Å². The molecular formula is C13H24BrNO. The smallest absolute Gasteiger partial charge is 0.234 e. The molecule has 0 aromatic carbocycles. The van der Waals surface area contributed by atoms with E-state index in [1.165, 1.54) is 25.7 Å². The maximum Gasteiger partial charge on any atom is 0.234 e. The summed E-state index contributed by atoms with van der Waals surface area (Å²) >= 11 is 3.43. The molecule has 0 aromatic heterocycles. The molecule has 0 aliphatic heterocycles. The standard InChI is InChI=1S/C13H24BrNO/c1-9(2)12(14)13(16)15-8-11-6-4-10(3)5-7-11/h9-12H,4-8H2,1-3H3,(H,15,16). The zero-order chi connectivity index (χ0) is 12.1. The first-order chi connectivity index (χ1) is 7.50. The summed E-state index contributed by atoms with van der Waals surface area (Å²) in [5.74, 6) is 2.08. The van der Waals surface area contributed by atoms with Crippen LogP contribution in [0.1, 0.15) is 46.5 Å². The molecule has 1 fully saturated rings. The van der Waals surface area contributed by atoms with Gasteiger partial charge in [-0.3, -0.25) is 4.79 Å². The number of nitrogens with one attached hydrogen (secondary N) is 1. The topological polar surface area (TPSA) is 29.1 Å². The number of alkyl halides is 1. The molecule has 0 radical (unpaired) electrons. The minimum atomic E-state index is -0.0463. The Labute approximate surface area is 108 Å². The molecule has 1 N–H and O–H groups in total. The number of rotatable bonds is 4. The molecule has 2 nitrogen and oxygen atoms in total. The molecule has 0 spiro atoms. The van der Waals surface area contributed by atoms with Crippen LogP contribution >= 0.6 is 15.9 Å². The highest BCUT2D eigenvalue weighted by Crippen LogP contribution is 2.27. The fraction of sp³-hybridized carbons (Fsp3) is 0.923. The molecule has 16 heavy (non-hydrogen) atoms. The van der Waals surface area contributed by atoms with Crippen LogP contribution in [0, 0.1) is 17.8 Å². The minimum Gasteiger partial charge on any atom is -0.355 e. The second kappa shape index (κ2) is 6.63. The van der Waals surface area contributed by atoms with Gasteiger partial charge in [0.2, 0.25) is 5.91 Å². The van der Waals surface area contributed by atoms with Gasteiger partial charge in [-0.25, -0.2) is 0 Å². The van der Waals surface area contributed by atoms with Gasteiger partial charge >= 0.3 is 0 Å². The van der Waals surface area contributed by atoms with Crippen LogP contribution in [0.5, 0.6) is 0 Å². The number of carbonyl (C=O) groups excluding carboxylic acids is 1. The van der Waals surface area contributed by atoms with Crippen LogP contribution in [0.15, 0.2) is 0 Å². The van der Waals surface area contributed by atoms with E-state index in [1.54, 1.807) is 0 Å². The van der Waals surface area contributed by atoms with E-state index in [2.05, 4.69) is 42.0 Å². The lowest BCUT2D eigenvalue weighted by molar-refractivity contribution is -0.121. The van der Waals surface area contributed by atoms with Crippen LogP contribution in [0.2, 0.25) is 0 Å². The fourth-order valence-corrected chi connectivity index (χ4v) is 2.34. The van der Waals surface area contributed by atoms with Crippen LogP contribution in [-0.4, -0.2) is 17.3 Å². The summed E-state index contributed by atoms with van der Waals surface area (Å²) in [6.45, 7) is 7.30. The number of carbonyl (C=O) groups is 1. The van der Waals surface area contributed by atoms with E-state index in [4.69, 9.17) is 0 Å². The van der Waals surface area contributed by atoms with E-state index in [0.717, 1.165) is 12.5 Å². The molecule has 1 aliphatic rings. The summed E-state index contributed by atoms with van der Waals surface area (Å²) in [6.07, 6.45) is 5.19. The molecule has 0 aromatic rings. The van der Waals surface area contributed by atoms with Crippen molar-refractivity contribution in [1.29, 1.82) is 0 Å². The average Bonchev–Trinajstić information content (AvgIpc) is 2.26. The normalized spacial score (nSPS) is 27.8. The van der Waals surface area contributed by atoms with Crippen molar-refractivity contribution in [2.45, 2.75) is 51.3 Å². The van der Waals surface area contributed by atoms with Crippen LogP contribution in [-0.2, 0) is 4.79 Å². The summed E-state index contributed by atoms with van der Waals surface area (Å²) in [4.78, 5) is 11.7. The Morgan fingerprint density at radius 2 is 1.88 bits per heavy atom. The van der Waals surface area contributed by atoms with E-state index in [0.29, 0.717) is 11.8 Å². The highest BCUT2D eigenvalue weighted by Gasteiger charge is 2.21. The van der Waals surface area contributed by atoms with Gasteiger partial charge < -0.3 is 5.32 Å². The summed E-state index contributed by atoms with van der Waals surface area (Å²) < 4.78 is 0.